The minimum absolute atomic E-state index is 0.313. The van der Waals surface area contributed by atoms with Crippen molar-refractivity contribution in [3.8, 4) is 0 Å². The maximum atomic E-state index is 11.1. The summed E-state index contributed by atoms with van der Waals surface area (Å²) in [6.45, 7) is 7.19. The van der Waals surface area contributed by atoms with Crippen molar-refractivity contribution in [3.05, 3.63) is 23.4 Å². The lowest BCUT2D eigenvalue weighted by atomic mass is 10.1. The van der Waals surface area contributed by atoms with E-state index < -0.39 is 5.97 Å². The summed E-state index contributed by atoms with van der Waals surface area (Å²) in [5.74, 6) is 0.410. The topological polar surface area (TPSA) is 53.4 Å². The van der Waals surface area contributed by atoms with E-state index in [0.717, 1.165) is 30.9 Å². The first-order valence-electron chi connectivity index (χ1n) is 6.43. The van der Waals surface area contributed by atoms with Crippen molar-refractivity contribution in [2.24, 2.45) is 5.92 Å². The molecule has 0 amide bonds. The van der Waals surface area contributed by atoms with Gasteiger partial charge < -0.3 is 10.0 Å². The average molecular weight is 250 g/mol. The molecular formula is C14H22N2O2. The number of aryl methyl sites for hydroxylation is 1. The van der Waals surface area contributed by atoms with E-state index in [-0.39, 0.29) is 0 Å². The fraction of sp³-hybridized carbons (Fsp3) is 0.571. The molecule has 1 aromatic heterocycles. The van der Waals surface area contributed by atoms with E-state index in [0.29, 0.717) is 11.5 Å². The molecule has 0 spiro atoms. The second-order valence-electron chi connectivity index (χ2n) is 4.76. The van der Waals surface area contributed by atoms with Crippen LogP contribution >= 0.6 is 0 Å². The van der Waals surface area contributed by atoms with Crippen LogP contribution in [-0.4, -0.2) is 29.7 Å². The van der Waals surface area contributed by atoms with Crippen LogP contribution in [0.2, 0.25) is 0 Å². The standard InChI is InChI=1S/C14H22N2O2/c1-5-10(3)9-16(4)13-8-11(14(17)18)7-12(6-2)15-13/h7-8,10H,5-6,9H2,1-4H3,(H,17,18). The van der Waals surface area contributed by atoms with Gasteiger partial charge in [-0.15, -0.1) is 0 Å². The van der Waals surface area contributed by atoms with Gasteiger partial charge in [-0.05, 0) is 24.5 Å². The highest BCUT2D eigenvalue weighted by molar-refractivity contribution is 5.88. The molecule has 4 nitrogen and oxygen atoms in total. The molecule has 1 heterocycles. The molecule has 0 aliphatic rings. The minimum Gasteiger partial charge on any atom is -0.478 e. The van der Waals surface area contributed by atoms with Crippen LogP contribution in [0.1, 0.15) is 43.2 Å². The van der Waals surface area contributed by atoms with Gasteiger partial charge >= 0.3 is 5.97 Å². The molecule has 1 aromatic rings. The summed E-state index contributed by atoms with van der Waals surface area (Å²) in [5, 5.41) is 9.09. The molecule has 0 aliphatic carbocycles. The zero-order valence-electron chi connectivity index (χ0n) is 11.6. The smallest absolute Gasteiger partial charge is 0.335 e. The van der Waals surface area contributed by atoms with Crippen molar-refractivity contribution < 1.29 is 9.90 Å². The third-order valence-corrected chi connectivity index (χ3v) is 3.15. The number of carboxylic acid groups (broad SMARTS) is 1. The molecule has 0 aliphatic heterocycles. The van der Waals surface area contributed by atoms with Crippen LogP contribution in [-0.2, 0) is 6.42 Å². The number of hydrogen-bond acceptors (Lipinski definition) is 3. The number of hydrogen-bond donors (Lipinski definition) is 1. The molecule has 100 valence electrons. The Morgan fingerprint density at radius 2 is 2.11 bits per heavy atom. The SMILES string of the molecule is CCc1cc(C(=O)O)cc(N(C)CC(C)CC)n1. The second-order valence-corrected chi connectivity index (χ2v) is 4.76. The molecule has 18 heavy (non-hydrogen) atoms. The summed E-state index contributed by atoms with van der Waals surface area (Å²) in [4.78, 5) is 17.6. The fourth-order valence-corrected chi connectivity index (χ4v) is 1.76. The predicted molar refractivity (Wildman–Crippen MR) is 73.3 cm³/mol. The van der Waals surface area contributed by atoms with Crippen LogP contribution in [0.4, 0.5) is 5.82 Å². The molecule has 0 aromatic carbocycles. The van der Waals surface area contributed by atoms with Gasteiger partial charge in [-0.1, -0.05) is 27.2 Å². The number of carbonyl (C=O) groups is 1. The number of anilines is 1. The lowest BCUT2D eigenvalue weighted by Gasteiger charge is -2.22. The van der Waals surface area contributed by atoms with Crippen molar-refractivity contribution in [3.63, 3.8) is 0 Å². The average Bonchev–Trinajstić information content (AvgIpc) is 2.37. The zero-order valence-corrected chi connectivity index (χ0v) is 11.6. The second kappa shape index (κ2) is 6.38. The summed E-state index contributed by atoms with van der Waals surface area (Å²) in [7, 11) is 1.96. The van der Waals surface area contributed by atoms with E-state index >= 15 is 0 Å². The van der Waals surface area contributed by atoms with Crippen LogP contribution in [0, 0.1) is 5.92 Å². The van der Waals surface area contributed by atoms with E-state index in [2.05, 4.69) is 18.8 Å². The molecule has 0 fully saturated rings. The van der Waals surface area contributed by atoms with E-state index in [9.17, 15) is 4.79 Å². The Bertz CT molecular complexity index is 418. The normalized spacial score (nSPS) is 12.2. The Balaban J connectivity index is 3.00. The van der Waals surface area contributed by atoms with Crippen LogP contribution in [0.5, 0.6) is 0 Å². The first-order valence-corrected chi connectivity index (χ1v) is 6.43. The van der Waals surface area contributed by atoms with Crippen molar-refractivity contribution in [2.45, 2.75) is 33.6 Å². The predicted octanol–water partition coefficient (Wildman–Crippen LogP) is 2.82. The first-order chi connectivity index (χ1) is 8.47. The highest BCUT2D eigenvalue weighted by Crippen LogP contribution is 2.16. The number of carboxylic acids is 1. The molecule has 0 saturated heterocycles. The summed E-state index contributed by atoms with van der Waals surface area (Å²) in [5.41, 5.74) is 1.13. The van der Waals surface area contributed by atoms with Gasteiger partial charge in [-0.2, -0.15) is 0 Å². The van der Waals surface area contributed by atoms with Gasteiger partial charge in [0.15, 0.2) is 0 Å². The van der Waals surface area contributed by atoms with E-state index in [1.54, 1.807) is 12.1 Å². The lowest BCUT2D eigenvalue weighted by Crippen LogP contribution is -2.25. The molecule has 1 rings (SSSR count). The number of aromatic carboxylic acids is 1. The summed E-state index contributed by atoms with van der Waals surface area (Å²) in [6.07, 6.45) is 1.84. The van der Waals surface area contributed by atoms with Crippen LogP contribution in [0.3, 0.4) is 0 Å². The highest BCUT2D eigenvalue weighted by atomic mass is 16.4. The summed E-state index contributed by atoms with van der Waals surface area (Å²) in [6, 6.07) is 3.28. The van der Waals surface area contributed by atoms with Gasteiger partial charge in [0.2, 0.25) is 0 Å². The Labute approximate surface area is 109 Å². The monoisotopic (exact) mass is 250 g/mol. The molecule has 0 bridgehead atoms. The van der Waals surface area contributed by atoms with E-state index in [1.807, 2.05) is 18.9 Å². The van der Waals surface area contributed by atoms with Gasteiger partial charge in [0.25, 0.3) is 0 Å². The highest BCUT2D eigenvalue weighted by Gasteiger charge is 2.12. The van der Waals surface area contributed by atoms with Crippen molar-refractivity contribution in [1.82, 2.24) is 4.98 Å². The largest absolute Gasteiger partial charge is 0.478 e. The minimum atomic E-state index is -0.898. The Morgan fingerprint density at radius 3 is 2.61 bits per heavy atom. The molecular weight excluding hydrogens is 228 g/mol. The van der Waals surface area contributed by atoms with Gasteiger partial charge in [-0.3, -0.25) is 0 Å². The third kappa shape index (κ3) is 3.72. The molecule has 1 N–H and O–H groups in total. The third-order valence-electron chi connectivity index (χ3n) is 3.15. The van der Waals surface area contributed by atoms with Crippen LogP contribution in [0.15, 0.2) is 12.1 Å². The van der Waals surface area contributed by atoms with Gasteiger partial charge in [-0.25, -0.2) is 9.78 Å². The number of rotatable bonds is 6. The summed E-state index contributed by atoms with van der Waals surface area (Å²) >= 11 is 0. The van der Waals surface area contributed by atoms with E-state index in [4.69, 9.17) is 5.11 Å². The first kappa shape index (κ1) is 14.5. The Morgan fingerprint density at radius 1 is 1.44 bits per heavy atom. The van der Waals surface area contributed by atoms with Crippen molar-refractivity contribution >= 4 is 11.8 Å². The molecule has 0 radical (unpaired) electrons. The lowest BCUT2D eigenvalue weighted by molar-refractivity contribution is 0.0696. The quantitative estimate of drug-likeness (QED) is 0.843. The number of aromatic nitrogens is 1. The maximum absolute atomic E-state index is 11.1. The molecule has 1 atom stereocenters. The number of pyridine rings is 1. The Kier molecular flexibility index (Phi) is 5.13. The fourth-order valence-electron chi connectivity index (χ4n) is 1.76. The van der Waals surface area contributed by atoms with Crippen LogP contribution in [0.25, 0.3) is 0 Å². The molecule has 1 unspecified atom stereocenters. The zero-order chi connectivity index (χ0) is 13.7. The molecule has 4 heteroatoms. The van der Waals surface area contributed by atoms with E-state index in [1.165, 1.54) is 0 Å². The van der Waals surface area contributed by atoms with Gasteiger partial charge in [0, 0.05) is 19.3 Å². The Hall–Kier alpha value is -1.58. The maximum Gasteiger partial charge on any atom is 0.335 e. The van der Waals surface area contributed by atoms with Gasteiger partial charge in [0.05, 0.1) is 5.56 Å². The molecule has 0 saturated carbocycles. The van der Waals surface area contributed by atoms with Gasteiger partial charge in [0.1, 0.15) is 5.82 Å². The summed E-state index contributed by atoms with van der Waals surface area (Å²) < 4.78 is 0. The van der Waals surface area contributed by atoms with Crippen molar-refractivity contribution in [1.29, 1.82) is 0 Å². The number of nitrogens with zero attached hydrogens (tertiary/aromatic N) is 2. The van der Waals surface area contributed by atoms with Crippen LogP contribution < -0.4 is 4.90 Å². The van der Waals surface area contributed by atoms with Crippen molar-refractivity contribution in [2.75, 3.05) is 18.5 Å².